The van der Waals surface area contributed by atoms with E-state index in [4.69, 9.17) is 5.84 Å². The van der Waals surface area contributed by atoms with Crippen molar-refractivity contribution in [2.24, 2.45) is 0 Å². The Morgan fingerprint density at radius 2 is 2.44 bits per heavy atom. The predicted molar refractivity (Wildman–Crippen MR) is 34.6 cm³/mol. The SMILES string of the molecule is CC(=O)c1ccn(N)c1. The van der Waals surface area contributed by atoms with Crippen molar-refractivity contribution in [2.45, 2.75) is 6.92 Å². The number of carbonyl (C=O) groups is 1. The molecule has 0 fully saturated rings. The number of hydrogen-bond donors (Lipinski definition) is 1. The Balaban J connectivity index is 2.98. The van der Waals surface area contributed by atoms with Crippen molar-refractivity contribution >= 4 is 5.78 Å². The van der Waals surface area contributed by atoms with E-state index < -0.39 is 0 Å². The van der Waals surface area contributed by atoms with E-state index in [0.717, 1.165) is 0 Å². The summed E-state index contributed by atoms with van der Waals surface area (Å²) in [5.74, 6) is 5.32. The Bertz CT molecular complexity index is 227. The average Bonchev–Trinajstić information content (AvgIpc) is 2.14. The number of nitrogens with zero attached hydrogens (tertiary/aromatic N) is 1. The van der Waals surface area contributed by atoms with Gasteiger partial charge in [-0.15, -0.1) is 0 Å². The van der Waals surface area contributed by atoms with Gasteiger partial charge in [0.1, 0.15) is 0 Å². The molecular weight excluding hydrogens is 116 g/mol. The van der Waals surface area contributed by atoms with Gasteiger partial charge in [0.25, 0.3) is 0 Å². The quantitative estimate of drug-likeness (QED) is 0.435. The molecule has 1 aromatic rings. The van der Waals surface area contributed by atoms with Crippen LogP contribution in [0.5, 0.6) is 0 Å². The molecule has 1 heterocycles. The van der Waals surface area contributed by atoms with Crippen molar-refractivity contribution in [3.05, 3.63) is 24.0 Å². The molecule has 1 rings (SSSR count). The lowest BCUT2D eigenvalue weighted by Crippen LogP contribution is -2.03. The fourth-order valence-electron chi connectivity index (χ4n) is 0.621. The van der Waals surface area contributed by atoms with Crippen molar-refractivity contribution in [1.82, 2.24) is 4.68 Å². The highest BCUT2D eigenvalue weighted by atomic mass is 16.1. The van der Waals surface area contributed by atoms with Crippen molar-refractivity contribution in [2.75, 3.05) is 5.84 Å². The zero-order valence-corrected chi connectivity index (χ0v) is 5.16. The Morgan fingerprint density at radius 3 is 2.67 bits per heavy atom. The van der Waals surface area contributed by atoms with Gasteiger partial charge in [-0.25, -0.2) is 0 Å². The number of hydrogen-bond acceptors (Lipinski definition) is 2. The van der Waals surface area contributed by atoms with Crippen LogP contribution in [0, 0.1) is 0 Å². The molecule has 0 spiro atoms. The van der Waals surface area contributed by atoms with Gasteiger partial charge in [0.05, 0.1) is 0 Å². The zero-order chi connectivity index (χ0) is 6.85. The number of Topliss-reactive ketones (excluding diaryl/α,β-unsaturated/α-hetero) is 1. The summed E-state index contributed by atoms with van der Waals surface area (Å²) in [5, 5.41) is 0. The standard InChI is InChI=1S/C6H8N2O/c1-5(9)6-2-3-8(7)4-6/h2-4H,7H2,1H3. The molecule has 0 aliphatic carbocycles. The molecule has 0 radical (unpaired) electrons. The van der Waals surface area contributed by atoms with Crippen LogP contribution in [0.25, 0.3) is 0 Å². The van der Waals surface area contributed by atoms with Crippen molar-refractivity contribution in [3.63, 3.8) is 0 Å². The lowest BCUT2D eigenvalue weighted by Gasteiger charge is -1.85. The van der Waals surface area contributed by atoms with Gasteiger partial charge in [0, 0.05) is 18.0 Å². The zero-order valence-electron chi connectivity index (χ0n) is 5.16. The minimum Gasteiger partial charge on any atom is -0.340 e. The largest absolute Gasteiger partial charge is 0.340 e. The third kappa shape index (κ3) is 1.10. The van der Waals surface area contributed by atoms with Gasteiger partial charge in [-0.3, -0.25) is 9.47 Å². The van der Waals surface area contributed by atoms with E-state index >= 15 is 0 Å². The van der Waals surface area contributed by atoms with E-state index in [-0.39, 0.29) is 5.78 Å². The molecule has 0 aromatic carbocycles. The first-order valence-corrected chi connectivity index (χ1v) is 2.64. The first-order chi connectivity index (χ1) is 4.20. The molecular formula is C6H8N2O. The van der Waals surface area contributed by atoms with Crippen LogP contribution in [-0.4, -0.2) is 10.5 Å². The van der Waals surface area contributed by atoms with Crippen LogP contribution in [0.4, 0.5) is 0 Å². The van der Waals surface area contributed by atoms with E-state index in [1.54, 1.807) is 18.5 Å². The molecule has 9 heavy (non-hydrogen) atoms. The Labute approximate surface area is 53.1 Å². The van der Waals surface area contributed by atoms with Crippen LogP contribution in [-0.2, 0) is 0 Å². The maximum absolute atomic E-state index is 10.6. The molecule has 0 aliphatic heterocycles. The summed E-state index contributed by atoms with van der Waals surface area (Å²) in [6.07, 6.45) is 3.22. The maximum Gasteiger partial charge on any atom is 0.161 e. The van der Waals surface area contributed by atoms with Gasteiger partial charge in [0.2, 0.25) is 0 Å². The molecule has 0 bridgehead atoms. The summed E-state index contributed by atoms with van der Waals surface area (Å²) in [6, 6.07) is 1.68. The molecule has 0 atom stereocenters. The maximum atomic E-state index is 10.6. The van der Waals surface area contributed by atoms with Gasteiger partial charge >= 0.3 is 0 Å². The second-order valence-corrected chi connectivity index (χ2v) is 1.90. The molecule has 3 heteroatoms. The topological polar surface area (TPSA) is 48.0 Å². The molecule has 0 saturated heterocycles. The second-order valence-electron chi connectivity index (χ2n) is 1.90. The van der Waals surface area contributed by atoms with Gasteiger partial charge in [-0.1, -0.05) is 0 Å². The van der Waals surface area contributed by atoms with E-state index in [0.29, 0.717) is 5.56 Å². The molecule has 3 nitrogen and oxygen atoms in total. The summed E-state index contributed by atoms with van der Waals surface area (Å²) >= 11 is 0. The van der Waals surface area contributed by atoms with Crippen molar-refractivity contribution in [1.29, 1.82) is 0 Å². The van der Waals surface area contributed by atoms with Crippen LogP contribution in [0.3, 0.4) is 0 Å². The highest BCUT2D eigenvalue weighted by molar-refractivity contribution is 5.93. The summed E-state index contributed by atoms with van der Waals surface area (Å²) in [6.45, 7) is 1.51. The number of carbonyl (C=O) groups excluding carboxylic acids is 1. The van der Waals surface area contributed by atoms with Gasteiger partial charge in [0.15, 0.2) is 5.78 Å². The van der Waals surface area contributed by atoms with E-state index in [1.807, 2.05) is 0 Å². The van der Waals surface area contributed by atoms with E-state index in [9.17, 15) is 4.79 Å². The summed E-state index contributed by atoms with van der Waals surface area (Å²) in [7, 11) is 0. The third-order valence-corrected chi connectivity index (χ3v) is 1.12. The lowest BCUT2D eigenvalue weighted by molar-refractivity contribution is 0.101. The number of ketones is 1. The van der Waals surface area contributed by atoms with Crippen LogP contribution in [0.2, 0.25) is 0 Å². The first-order valence-electron chi connectivity index (χ1n) is 2.64. The fraction of sp³-hybridized carbons (Fsp3) is 0.167. The summed E-state index contributed by atoms with van der Waals surface area (Å²) < 4.78 is 1.36. The van der Waals surface area contributed by atoms with Crippen LogP contribution < -0.4 is 5.84 Å². The van der Waals surface area contributed by atoms with Gasteiger partial charge in [-0.2, -0.15) is 0 Å². The van der Waals surface area contributed by atoms with Crippen LogP contribution >= 0.6 is 0 Å². The van der Waals surface area contributed by atoms with Crippen LogP contribution in [0.15, 0.2) is 18.5 Å². The van der Waals surface area contributed by atoms with Crippen molar-refractivity contribution < 1.29 is 4.79 Å². The van der Waals surface area contributed by atoms with Gasteiger partial charge < -0.3 is 5.84 Å². The number of rotatable bonds is 1. The minimum absolute atomic E-state index is 0.0409. The summed E-state index contributed by atoms with van der Waals surface area (Å²) in [5.41, 5.74) is 0.650. The Hall–Kier alpha value is -1.25. The molecule has 0 unspecified atom stereocenters. The van der Waals surface area contributed by atoms with Crippen molar-refractivity contribution in [3.8, 4) is 0 Å². The van der Waals surface area contributed by atoms with Gasteiger partial charge in [-0.05, 0) is 13.0 Å². The molecule has 48 valence electrons. The highest BCUT2D eigenvalue weighted by Crippen LogP contribution is 1.97. The van der Waals surface area contributed by atoms with E-state index in [1.165, 1.54) is 11.6 Å². The second kappa shape index (κ2) is 1.93. The monoisotopic (exact) mass is 124 g/mol. The number of nitrogen functional groups attached to an aromatic ring is 1. The normalized spacial score (nSPS) is 9.44. The molecule has 1 aromatic heterocycles. The molecule has 2 N–H and O–H groups in total. The molecule has 0 aliphatic rings. The average molecular weight is 124 g/mol. The van der Waals surface area contributed by atoms with E-state index in [2.05, 4.69) is 0 Å². The molecule has 0 amide bonds. The highest BCUT2D eigenvalue weighted by Gasteiger charge is 1.97. The number of nitrogens with two attached hydrogens (primary N) is 1. The third-order valence-electron chi connectivity index (χ3n) is 1.12. The smallest absolute Gasteiger partial charge is 0.161 e. The fourth-order valence-corrected chi connectivity index (χ4v) is 0.621. The molecule has 0 saturated carbocycles. The predicted octanol–water partition coefficient (Wildman–Crippen LogP) is 0.405. The minimum atomic E-state index is 0.0409. The number of aromatic nitrogens is 1. The van der Waals surface area contributed by atoms with Crippen LogP contribution in [0.1, 0.15) is 17.3 Å². The lowest BCUT2D eigenvalue weighted by atomic mass is 10.2. The summed E-state index contributed by atoms with van der Waals surface area (Å²) in [4.78, 5) is 10.6. The Kier molecular flexibility index (Phi) is 1.26. The first kappa shape index (κ1) is 5.88. The Morgan fingerprint density at radius 1 is 1.78 bits per heavy atom.